The molecule has 0 aliphatic heterocycles. The zero-order valence-corrected chi connectivity index (χ0v) is 21.6. The quantitative estimate of drug-likeness (QED) is 0.152. The fourth-order valence-corrected chi connectivity index (χ4v) is 4.25. The van der Waals surface area contributed by atoms with Crippen molar-refractivity contribution in [2.75, 3.05) is 19.7 Å². The molecule has 0 spiro atoms. The van der Waals surface area contributed by atoms with Gasteiger partial charge in [0.25, 0.3) is 5.91 Å². The number of benzene rings is 1. The summed E-state index contributed by atoms with van der Waals surface area (Å²) in [6.45, 7) is 13.4. The molecule has 0 heterocycles. The molecule has 0 saturated carbocycles. The average molecular weight is 597 g/mol. The number of amides is 1. The van der Waals surface area contributed by atoms with Crippen molar-refractivity contribution in [3.63, 3.8) is 0 Å². The highest BCUT2D eigenvalue weighted by atomic mass is 127. The normalized spacial score (nSPS) is 13.4. The van der Waals surface area contributed by atoms with E-state index in [0.717, 1.165) is 27.8 Å². The van der Waals surface area contributed by atoms with Crippen molar-refractivity contribution < 1.29 is 9.53 Å². The highest BCUT2D eigenvalue weighted by Gasteiger charge is 2.26. The van der Waals surface area contributed by atoms with Crippen molar-refractivity contribution in [1.29, 1.82) is 0 Å². The molecule has 0 aliphatic rings. The Kier molecular flexibility index (Phi) is 10.6. The maximum atomic E-state index is 13.0. The summed E-state index contributed by atoms with van der Waals surface area (Å²) in [5, 5.41) is 0. The molecule has 0 aromatic heterocycles. The number of halogens is 2. The SMILES string of the molecule is CCN(CC)C(=O)C(/C=C(\I)COCc1ccccc1)=C(/I)[Si](C)(C)C. The molecule has 1 aromatic carbocycles. The van der Waals surface area contributed by atoms with Crippen LogP contribution < -0.4 is 0 Å². The van der Waals surface area contributed by atoms with Gasteiger partial charge in [-0.3, -0.25) is 4.79 Å². The molecular weight excluding hydrogens is 568 g/mol. The molecule has 0 N–H and O–H groups in total. The third-order valence-corrected chi connectivity index (χ3v) is 11.5. The maximum absolute atomic E-state index is 13.0. The third kappa shape index (κ3) is 7.81. The van der Waals surface area contributed by atoms with Gasteiger partial charge in [0.05, 0.1) is 21.3 Å². The predicted molar refractivity (Wildman–Crippen MR) is 131 cm³/mol. The van der Waals surface area contributed by atoms with E-state index in [4.69, 9.17) is 4.74 Å². The molecule has 3 nitrogen and oxygen atoms in total. The van der Waals surface area contributed by atoms with Gasteiger partial charge in [0.15, 0.2) is 0 Å². The topological polar surface area (TPSA) is 29.5 Å². The van der Waals surface area contributed by atoms with Gasteiger partial charge in [-0.2, -0.15) is 0 Å². The molecular formula is C20H29I2NO2Si. The number of nitrogens with zero attached hydrogens (tertiary/aromatic N) is 1. The lowest BCUT2D eigenvalue weighted by molar-refractivity contribution is -0.126. The first kappa shape index (κ1) is 23.8. The first-order valence-corrected chi connectivity index (χ1v) is 14.5. The monoisotopic (exact) mass is 597 g/mol. The van der Waals surface area contributed by atoms with E-state index in [-0.39, 0.29) is 5.91 Å². The molecule has 1 rings (SSSR count). The zero-order valence-electron chi connectivity index (χ0n) is 16.3. The lowest BCUT2D eigenvalue weighted by atomic mass is 10.2. The van der Waals surface area contributed by atoms with E-state index in [0.29, 0.717) is 13.2 Å². The van der Waals surface area contributed by atoms with Crippen LogP contribution in [0, 0.1) is 0 Å². The number of rotatable bonds is 9. The largest absolute Gasteiger partial charge is 0.372 e. The Morgan fingerprint density at radius 2 is 1.69 bits per heavy atom. The van der Waals surface area contributed by atoms with Crippen LogP contribution in [0.5, 0.6) is 0 Å². The summed E-state index contributed by atoms with van der Waals surface area (Å²) in [5.41, 5.74) is 1.99. The molecule has 26 heavy (non-hydrogen) atoms. The van der Waals surface area contributed by atoms with Gasteiger partial charge in [0, 0.05) is 22.2 Å². The summed E-state index contributed by atoms with van der Waals surface area (Å²) < 4.78 is 8.08. The molecule has 0 unspecified atom stereocenters. The number of carbonyl (C=O) groups is 1. The number of carbonyl (C=O) groups excluding carboxylic acids is 1. The summed E-state index contributed by atoms with van der Waals surface area (Å²) in [6, 6.07) is 10.1. The van der Waals surface area contributed by atoms with E-state index in [9.17, 15) is 4.79 Å². The number of likely N-dealkylation sites (N-methyl/N-ethyl adjacent to an activating group) is 1. The maximum Gasteiger partial charge on any atom is 0.254 e. The minimum atomic E-state index is -1.58. The second-order valence-corrected chi connectivity index (χ2v) is 15.5. The molecule has 0 aliphatic carbocycles. The summed E-state index contributed by atoms with van der Waals surface area (Å²) in [4.78, 5) is 14.9. The highest BCUT2D eigenvalue weighted by molar-refractivity contribution is 14.1. The summed E-state index contributed by atoms with van der Waals surface area (Å²) in [7, 11) is -1.58. The number of ether oxygens (including phenoxy) is 1. The average Bonchev–Trinajstić information content (AvgIpc) is 2.60. The van der Waals surface area contributed by atoms with Crippen LogP contribution in [0.2, 0.25) is 19.6 Å². The van der Waals surface area contributed by atoms with Crippen LogP contribution in [0.15, 0.2) is 48.8 Å². The van der Waals surface area contributed by atoms with E-state index in [1.165, 1.54) is 3.20 Å². The van der Waals surface area contributed by atoms with Crippen LogP contribution in [0.3, 0.4) is 0 Å². The van der Waals surface area contributed by atoms with Crippen LogP contribution in [-0.4, -0.2) is 38.6 Å². The van der Waals surface area contributed by atoms with Crippen LogP contribution in [0.25, 0.3) is 0 Å². The number of hydrogen-bond acceptors (Lipinski definition) is 2. The smallest absolute Gasteiger partial charge is 0.254 e. The van der Waals surface area contributed by atoms with E-state index in [1.54, 1.807) is 0 Å². The predicted octanol–water partition coefficient (Wildman–Crippen LogP) is 5.96. The van der Waals surface area contributed by atoms with E-state index < -0.39 is 8.07 Å². The van der Waals surface area contributed by atoms with Crippen molar-refractivity contribution in [3.05, 3.63) is 54.3 Å². The molecule has 0 radical (unpaired) electrons. The molecule has 0 saturated heterocycles. The van der Waals surface area contributed by atoms with Crippen LogP contribution >= 0.6 is 45.2 Å². The molecule has 1 aromatic rings. The van der Waals surface area contributed by atoms with Crippen LogP contribution in [0.4, 0.5) is 0 Å². The molecule has 1 amide bonds. The van der Waals surface area contributed by atoms with Crippen molar-refractivity contribution in [2.45, 2.75) is 40.1 Å². The molecule has 0 bridgehead atoms. The Hall–Kier alpha value is -0.193. The minimum absolute atomic E-state index is 0.124. The van der Waals surface area contributed by atoms with Gasteiger partial charge in [-0.25, -0.2) is 0 Å². The summed E-state index contributed by atoms with van der Waals surface area (Å²) in [6.07, 6.45) is 2.02. The van der Waals surface area contributed by atoms with Crippen molar-refractivity contribution >= 4 is 59.2 Å². The Morgan fingerprint density at radius 3 is 2.19 bits per heavy atom. The Balaban J connectivity index is 2.96. The van der Waals surface area contributed by atoms with Gasteiger partial charge in [-0.1, -0.05) is 72.6 Å². The second kappa shape index (κ2) is 11.6. The van der Waals surface area contributed by atoms with Crippen molar-refractivity contribution in [1.82, 2.24) is 4.90 Å². The van der Waals surface area contributed by atoms with Crippen molar-refractivity contribution in [3.8, 4) is 0 Å². The van der Waals surface area contributed by atoms with Gasteiger partial charge in [0.1, 0.15) is 0 Å². The zero-order chi connectivity index (χ0) is 19.7. The van der Waals surface area contributed by atoms with Gasteiger partial charge in [-0.15, -0.1) is 0 Å². The Labute approximate surface area is 186 Å². The first-order valence-electron chi connectivity index (χ1n) is 8.87. The van der Waals surface area contributed by atoms with Gasteiger partial charge in [0.2, 0.25) is 0 Å². The lowest BCUT2D eigenvalue weighted by Gasteiger charge is -2.24. The first-order chi connectivity index (χ1) is 12.2. The lowest BCUT2D eigenvalue weighted by Crippen LogP contribution is -2.34. The van der Waals surface area contributed by atoms with Gasteiger partial charge < -0.3 is 9.64 Å². The van der Waals surface area contributed by atoms with E-state index in [1.807, 2.05) is 43.0 Å². The summed E-state index contributed by atoms with van der Waals surface area (Å²) in [5.74, 6) is 0.124. The highest BCUT2D eigenvalue weighted by Crippen LogP contribution is 2.28. The number of hydrogen-bond donors (Lipinski definition) is 0. The summed E-state index contributed by atoms with van der Waals surface area (Å²) >= 11 is 4.66. The Bertz CT molecular complexity index is 648. The third-order valence-electron chi connectivity index (χ3n) is 3.83. The fourth-order valence-electron chi connectivity index (χ4n) is 2.34. The van der Waals surface area contributed by atoms with E-state index in [2.05, 4.69) is 77.0 Å². The second-order valence-electron chi connectivity index (χ2n) is 7.02. The Morgan fingerprint density at radius 1 is 1.12 bits per heavy atom. The molecule has 144 valence electrons. The van der Waals surface area contributed by atoms with Gasteiger partial charge >= 0.3 is 0 Å². The van der Waals surface area contributed by atoms with Crippen LogP contribution in [-0.2, 0) is 16.1 Å². The molecule has 6 heteroatoms. The van der Waals surface area contributed by atoms with Crippen LogP contribution in [0.1, 0.15) is 19.4 Å². The van der Waals surface area contributed by atoms with E-state index >= 15 is 0 Å². The van der Waals surface area contributed by atoms with Gasteiger partial charge in [-0.05, 0) is 51.3 Å². The molecule has 0 fully saturated rings. The molecule has 0 atom stereocenters. The fraction of sp³-hybridized carbons (Fsp3) is 0.450. The minimum Gasteiger partial charge on any atom is -0.372 e. The standard InChI is InChI=1S/C20H29I2NO2Si/c1-6-23(7-2)20(24)18(19(22)26(3,4)5)13-17(21)15-25-14-16-11-9-8-10-12-16/h8-13H,6-7,14-15H2,1-5H3/b17-13-,19-18-. The van der Waals surface area contributed by atoms with Crippen molar-refractivity contribution in [2.24, 2.45) is 0 Å².